The first-order chi connectivity index (χ1) is 8.67. The highest BCUT2D eigenvalue weighted by atomic mass is 16.5. The molecule has 0 aliphatic heterocycles. The Balaban J connectivity index is 2.54. The molecule has 0 bridgehead atoms. The predicted molar refractivity (Wildman–Crippen MR) is 69.3 cm³/mol. The second-order valence-corrected chi connectivity index (χ2v) is 3.62. The Morgan fingerprint density at radius 1 is 1.22 bits per heavy atom. The van der Waals surface area contributed by atoms with E-state index in [0.717, 1.165) is 0 Å². The highest BCUT2D eigenvalue weighted by molar-refractivity contribution is 5.91. The lowest BCUT2D eigenvalue weighted by molar-refractivity contribution is -0.143. The average Bonchev–Trinajstić information content (AvgIpc) is 2.37. The van der Waals surface area contributed by atoms with Gasteiger partial charge < -0.3 is 15.0 Å². The molecule has 0 fully saturated rings. The second kappa shape index (κ2) is 7.32. The zero-order valence-electron chi connectivity index (χ0n) is 10.7. The van der Waals surface area contributed by atoms with Crippen molar-refractivity contribution in [2.45, 2.75) is 13.8 Å². The summed E-state index contributed by atoms with van der Waals surface area (Å²) in [5.74, 6) is -0.400. The number of benzene rings is 1. The molecule has 1 aromatic carbocycles. The van der Waals surface area contributed by atoms with Gasteiger partial charge in [0, 0.05) is 12.2 Å². The first-order valence-corrected chi connectivity index (χ1v) is 5.94. The molecule has 5 nitrogen and oxygen atoms in total. The summed E-state index contributed by atoms with van der Waals surface area (Å²) >= 11 is 0. The Morgan fingerprint density at radius 3 is 2.44 bits per heavy atom. The number of carbonyl (C=O) groups excluding carboxylic acids is 2. The van der Waals surface area contributed by atoms with Gasteiger partial charge in [-0.1, -0.05) is 18.2 Å². The van der Waals surface area contributed by atoms with E-state index in [1.807, 2.05) is 25.1 Å². The summed E-state index contributed by atoms with van der Waals surface area (Å²) in [4.78, 5) is 24.6. The molecule has 0 saturated heterocycles. The fraction of sp³-hybridized carbons (Fsp3) is 0.385. The summed E-state index contributed by atoms with van der Waals surface area (Å²) in [6.07, 6.45) is 0. The molecule has 0 aliphatic rings. The molecule has 2 amide bonds. The van der Waals surface area contributed by atoms with E-state index in [4.69, 9.17) is 4.74 Å². The number of para-hydroxylation sites is 1. The molecule has 1 rings (SSSR count). The molecule has 0 spiro atoms. The lowest BCUT2D eigenvalue weighted by Crippen LogP contribution is -2.39. The van der Waals surface area contributed by atoms with E-state index in [0.29, 0.717) is 18.8 Å². The maximum absolute atomic E-state index is 11.9. The summed E-state index contributed by atoms with van der Waals surface area (Å²) in [5, 5.41) is 2.72. The normalized spacial score (nSPS) is 9.67. The van der Waals surface area contributed by atoms with Crippen LogP contribution in [-0.2, 0) is 9.53 Å². The Bertz CT molecular complexity index is 392. The Labute approximate surface area is 107 Å². The number of esters is 1. The third kappa shape index (κ3) is 4.45. The van der Waals surface area contributed by atoms with E-state index < -0.39 is 5.97 Å². The number of hydrogen-bond acceptors (Lipinski definition) is 3. The van der Waals surface area contributed by atoms with Gasteiger partial charge in [-0.15, -0.1) is 0 Å². The van der Waals surface area contributed by atoms with Gasteiger partial charge in [0.1, 0.15) is 6.54 Å². The first kappa shape index (κ1) is 14.0. The fourth-order valence-corrected chi connectivity index (χ4v) is 1.41. The predicted octanol–water partition coefficient (Wildman–Crippen LogP) is 2.10. The van der Waals surface area contributed by atoms with Gasteiger partial charge in [0.15, 0.2) is 0 Å². The number of nitrogens with zero attached hydrogens (tertiary/aromatic N) is 1. The number of nitrogens with one attached hydrogen (secondary N) is 1. The quantitative estimate of drug-likeness (QED) is 0.814. The van der Waals surface area contributed by atoms with Crippen LogP contribution >= 0.6 is 0 Å². The van der Waals surface area contributed by atoms with Crippen LogP contribution in [0.15, 0.2) is 30.3 Å². The minimum atomic E-state index is -0.400. The molecule has 0 unspecified atom stereocenters. The van der Waals surface area contributed by atoms with Gasteiger partial charge in [0.05, 0.1) is 6.61 Å². The summed E-state index contributed by atoms with van der Waals surface area (Å²) in [5.41, 5.74) is 0.699. The standard InChI is InChI=1S/C13H18N2O3/c1-3-15(10-12(16)18-4-2)13(17)14-11-8-6-5-7-9-11/h5-9H,3-4,10H2,1-2H3,(H,14,17). The molecule has 0 radical (unpaired) electrons. The number of hydrogen-bond donors (Lipinski definition) is 1. The molecule has 1 aromatic rings. The summed E-state index contributed by atoms with van der Waals surface area (Å²) < 4.78 is 4.81. The first-order valence-electron chi connectivity index (χ1n) is 5.94. The lowest BCUT2D eigenvalue weighted by Gasteiger charge is -2.20. The van der Waals surface area contributed by atoms with Crippen LogP contribution in [0.2, 0.25) is 0 Å². The van der Waals surface area contributed by atoms with Crippen molar-refractivity contribution in [3.8, 4) is 0 Å². The van der Waals surface area contributed by atoms with Crippen molar-refractivity contribution >= 4 is 17.7 Å². The molecule has 5 heteroatoms. The summed E-state index contributed by atoms with van der Waals surface area (Å²) in [7, 11) is 0. The summed E-state index contributed by atoms with van der Waals surface area (Å²) in [6.45, 7) is 4.26. The molecule has 0 saturated carbocycles. The average molecular weight is 250 g/mol. The van der Waals surface area contributed by atoms with Crippen LogP contribution in [0.3, 0.4) is 0 Å². The van der Waals surface area contributed by atoms with Crippen LogP contribution in [0, 0.1) is 0 Å². The highest BCUT2D eigenvalue weighted by Crippen LogP contribution is 2.06. The Morgan fingerprint density at radius 2 is 1.89 bits per heavy atom. The number of likely N-dealkylation sites (N-methyl/N-ethyl adjacent to an activating group) is 1. The zero-order valence-corrected chi connectivity index (χ0v) is 10.7. The van der Waals surface area contributed by atoms with Crippen molar-refractivity contribution in [2.24, 2.45) is 0 Å². The van der Waals surface area contributed by atoms with E-state index in [9.17, 15) is 9.59 Å². The van der Waals surface area contributed by atoms with Crippen LogP contribution in [-0.4, -0.2) is 36.6 Å². The van der Waals surface area contributed by atoms with Crippen molar-refractivity contribution in [3.63, 3.8) is 0 Å². The second-order valence-electron chi connectivity index (χ2n) is 3.62. The number of ether oxygens (including phenoxy) is 1. The van der Waals surface area contributed by atoms with E-state index >= 15 is 0 Å². The van der Waals surface area contributed by atoms with E-state index in [1.165, 1.54) is 4.90 Å². The van der Waals surface area contributed by atoms with Gasteiger partial charge in [-0.2, -0.15) is 0 Å². The topological polar surface area (TPSA) is 58.6 Å². The Kier molecular flexibility index (Phi) is 5.70. The van der Waals surface area contributed by atoms with Crippen molar-refractivity contribution in [3.05, 3.63) is 30.3 Å². The maximum Gasteiger partial charge on any atom is 0.325 e. The lowest BCUT2D eigenvalue weighted by atomic mass is 10.3. The molecule has 0 aromatic heterocycles. The van der Waals surface area contributed by atoms with Crippen LogP contribution in [0.25, 0.3) is 0 Å². The Hall–Kier alpha value is -2.04. The summed E-state index contributed by atoms with van der Waals surface area (Å²) in [6, 6.07) is 8.80. The van der Waals surface area contributed by atoms with Crippen LogP contribution in [0.1, 0.15) is 13.8 Å². The van der Waals surface area contributed by atoms with Gasteiger partial charge in [-0.25, -0.2) is 4.79 Å². The fourth-order valence-electron chi connectivity index (χ4n) is 1.41. The molecule has 18 heavy (non-hydrogen) atoms. The van der Waals surface area contributed by atoms with Gasteiger partial charge in [0.25, 0.3) is 0 Å². The minimum Gasteiger partial charge on any atom is -0.465 e. The maximum atomic E-state index is 11.9. The number of carbonyl (C=O) groups is 2. The number of amides is 2. The van der Waals surface area contributed by atoms with Gasteiger partial charge in [-0.3, -0.25) is 4.79 Å². The third-order valence-electron chi connectivity index (χ3n) is 2.32. The highest BCUT2D eigenvalue weighted by Gasteiger charge is 2.15. The van der Waals surface area contributed by atoms with Crippen molar-refractivity contribution < 1.29 is 14.3 Å². The van der Waals surface area contributed by atoms with Crippen molar-refractivity contribution in [1.82, 2.24) is 4.90 Å². The molecular formula is C13H18N2O3. The van der Waals surface area contributed by atoms with Gasteiger partial charge in [0.2, 0.25) is 0 Å². The molecule has 0 atom stereocenters. The number of anilines is 1. The van der Waals surface area contributed by atoms with E-state index in [1.54, 1.807) is 19.1 Å². The molecule has 0 aliphatic carbocycles. The van der Waals surface area contributed by atoms with E-state index in [-0.39, 0.29) is 12.6 Å². The molecule has 98 valence electrons. The van der Waals surface area contributed by atoms with Gasteiger partial charge in [-0.05, 0) is 26.0 Å². The van der Waals surface area contributed by atoms with Gasteiger partial charge >= 0.3 is 12.0 Å². The van der Waals surface area contributed by atoms with Crippen LogP contribution in [0.5, 0.6) is 0 Å². The zero-order chi connectivity index (χ0) is 13.4. The van der Waals surface area contributed by atoms with Crippen molar-refractivity contribution in [2.75, 3.05) is 25.0 Å². The SMILES string of the molecule is CCOC(=O)CN(CC)C(=O)Nc1ccccc1. The molecule has 0 heterocycles. The largest absolute Gasteiger partial charge is 0.465 e. The van der Waals surface area contributed by atoms with Crippen molar-refractivity contribution in [1.29, 1.82) is 0 Å². The minimum absolute atomic E-state index is 0.0387. The van der Waals surface area contributed by atoms with E-state index in [2.05, 4.69) is 5.32 Å². The smallest absolute Gasteiger partial charge is 0.325 e. The molecule has 1 N–H and O–H groups in total. The number of rotatable bonds is 5. The van der Waals surface area contributed by atoms with Crippen LogP contribution in [0.4, 0.5) is 10.5 Å². The monoisotopic (exact) mass is 250 g/mol. The number of urea groups is 1. The molecular weight excluding hydrogens is 232 g/mol. The van der Waals surface area contributed by atoms with Crippen LogP contribution < -0.4 is 5.32 Å². The third-order valence-corrected chi connectivity index (χ3v) is 2.32.